The highest BCUT2D eigenvalue weighted by atomic mass is 35.5. The molecule has 1 saturated carbocycles. The number of fused-ring (bicyclic) bond motifs is 1. The Morgan fingerprint density at radius 2 is 2.29 bits per heavy atom. The number of methoxy groups -OCH3 is 1. The first kappa shape index (κ1) is 10.8. The van der Waals surface area contributed by atoms with E-state index < -0.39 is 0 Å². The van der Waals surface area contributed by atoms with Crippen LogP contribution in [0.5, 0.6) is 5.88 Å². The number of nitrogens with zero attached hydrogens (tertiary/aromatic N) is 4. The van der Waals surface area contributed by atoms with E-state index in [9.17, 15) is 0 Å². The SMILES string of the molecule is COc1ncnc2c1nc(CCl)n2C1CCC1. The van der Waals surface area contributed by atoms with Crippen LogP contribution in [0.4, 0.5) is 0 Å². The lowest BCUT2D eigenvalue weighted by atomic mass is 9.93. The van der Waals surface area contributed by atoms with E-state index in [-0.39, 0.29) is 0 Å². The molecular weight excluding hydrogens is 240 g/mol. The number of hydrogen-bond acceptors (Lipinski definition) is 4. The highest BCUT2D eigenvalue weighted by molar-refractivity contribution is 6.16. The molecule has 0 aliphatic heterocycles. The van der Waals surface area contributed by atoms with Crippen molar-refractivity contribution in [1.82, 2.24) is 19.5 Å². The van der Waals surface area contributed by atoms with Crippen LogP contribution in [0.3, 0.4) is 0 Å². The molecule has 17 heavy (non-hydrogen) atoms. The van der Waals surface area contributed by atoms with E-state index >= 15 is 0 Å². The van der Waals surface area contributed by atoms with Crippen molar-refractivity contribution in [2.24, 2.45) is 0 Å². The Kier molecular flexibility index (Phi) is 2.63. The molecule has 0 atom stereocenters. The lowest BCUT2D eigenvalue weighted by Gasteiger charge is -2.28. The Hall–Kier alpha value is -1.36. The first-order chi connectivity index (χ1) is 8.35. The molecule has 5 nitrogen and oxygen atoms in total. The average Bonchev–Trinajstić information content (AvgIpc) is 2.66. The molecule has 0 amide bonds. The van der Waals surface area contributed by atoms with Crippen molar-refractivity contribution >= 4 is 22.8 Å². The van der Waals surface area contributed by atoms with E-state index in [4.69, 9.17) is 16.3 Å². The molecule has 6 heteroatoms. The summed E-state index contributed by atoms with van der Waals surface area (Å²) < 4.78 is 7.34. The molecule has 2 aromatic rings. The topological polar surface area (TPSA) is 52.8 Å². The van der Waals surface area contributed by atoms with Gasteiger partial charge in [-0.2, -0.15) is 4.98 Å². The first-order valence-corrected chi connectivity index (χ1v) is 6.20. The summed E-state index contributed by atoms with van der Waals surface area (Å²) in [6.45, 7) is 0. The van der Waals surface area contributed by atoms with Crippen LogP contribution in [0.15, 0.2) is 6.33 Å². The summed E-state index contributed by atoms with van der Waals surface area (Å²) >= 11 is 5.95. The minimum atomic E-state index is 0.385. The van der Waals surface area contributed by atoms with Crippen LogP contribution in [0.2, 0.25) is 0 Å². The number of hydrogen-bond donors (Lipinski definition) is 0. The van der Waals surface area contributed by atoms with Crippen molar-refractivity contribution in [3.63, 3.8) is 0 Å². The van der Waals surface area contributed by atoms with Crippen LogP contribution >= 0.6 is 11.6 Å². The molecule has 3 rings (SSSR count). The van der Waals surface area contributed by atoms with Crippen LogP contribution in [-0.2, 0) is 5.88 Å². The van der Waals surface area contributed by atoms with Gasteiger partial charge < -0.3 is 9.30 Å². The Morgan fingerprint density at radius 3 is 2.88 bits per heavy atom. The molecule has 0 unspecified atom stereocenters. The fraction of sp³-hybridized carbons (Fsp3) is 0.545. The highest BCUT2D eigenvalue weighted by Crippen LogP contribution is 2.36. The normalized spacial score (nSPS) is 16.1. The van der Waals surface area contributed by atoms with Crippen molar-refractivity contribution in [2.45, 2.75) is 31.2 Å². The minimum Gasteiger partial charge on any atom is -0.479 e. The fourth-order valence-corrected chi connectivity index (χ4v) is 2.39. The molecule has 0 bridgehead atoms. The zero-order valence-electron chi connectivity index (χ0n) is 9.56. The molecule has 1 aliphatic rings. The third-order valence-electron chi connectivity index (χ3n) is 3.27. The number of halogens is 1. The quantitative estimate of drug-likeness (QED) is 0.787. The summed E-state index contributed by atoms with van der Waals surface area (Å²) in [5.74, 6) is 1.75. The van der Waals surface area contributed by atoms with E-state index in [1.54, 1.807) is 7.11 Å². The second-order valence-electron chi connectivity index (χ2n) is 4.17. The number of aromatic nitrogens is 4. The van der Waals surface area contributed by atoms with E-state index in [1.807, 2.05) is 0 Å². The monoisotopic (exact) mass is 252 g/mol. The molecule has 1 fully saturated rings. The lowest BCUT2D eigenvalue weighted by molar-refractivity contribution is 0.314. The Bertz CT molecular complexity index is 550. The van der Waals surface area contributed by atoms with Gasteiger partial charge in [0.25, 0.3) is 0 Å². The summed E-state index contributed by atoms with van der Waals surface area (Å²) in [6.07, 6.45) is 5.10. The fourth-order valence-electron chi connectivity index (χ4n) is 2.21. The molecular formula is C11H13ClN4O. The van der Waals surface area contributed by atoms with E-state index in [0.717, 1.165) is 11.5 Å². The maximum absolute atomic E-state index is 5.95. The summed E-state index contributed by atoms with van der Waals surface area (Å²) in [5.41, 5.74) is 1.54. The molecule has 0 aromatic carbocycles. The van der Waals surface area contributed by atoms with Crippen molar-refractivity contribution in [2.75, 3.05) is 7.11 Å². The van der Waals surface area contributed by atoms with Crippen molar-refractivity contribution in [1.29, 1.82) is 0 Å². The standard InChI is InChI=1S/C11H13ClN4O/c1-17-11-9-10(13-6-14-11)16(7-3-2-4-7)8(5-12)15-9/h6-7H,2-5H2,1H3. The van der Waals surface area contributed by atoms with Gasteiger partial charge in [0.2, 0.25) is 5.88 Å². The van der Waals surface area contributed by atoms with Gasteiger partial charge in [-0.15, -0.1) is 11.6 Å². The van der Waals surface area contributed by atoms with Crippen LogP contribution in [-0.4, -0.2) is 26.6 Å². The summed E-state index contributed by atoms with van der Waals surface area (Å²) in [5, 5.41) is 0. The average molecular weight is 253 g/mol. The number of ether oxygens (including phenoxy) is 1. The number of alkyl halides is 1. The second kappa shape index (κ2) is 4.14. The number of rotatable bonds is 3. The largest absolute Gasteiger partial charge is 0.479 e. The maximum atomic E-state index is 5.95. The van der Waals surface area contributed by atoms with Gasteiger partial charge in [-0.25, -0.2) is 9.97 Å². The Balaban J connectivity index is 2.23. The van der Waals surface area contributed by atoms with Crippen LogP contribution in [0, 0.1) is 0 Å². The van der Waals surface area contributed by atoms with Gasteiger partial charge in [-0.1, -0.05) is 0 Å². The smallest absolute Gasteiger partial charge is 0.245 e. The van der Waals surface area contributed by atoms with Crippen LogP contribution in [0.25, 0.3) is 11.2 Å². The molecule has 0 spiro atoms. The van der Waals surface area contributed by atoms with Gasteiger partial charge in [0, 0.05) is 6.04 Å². The molecule has 2 heterocycles. The highest BCUT2D eigenvalue weighted by Gasteiger charge is 2.26. The summed E-state index contributed by atoms with van der Waals surface area (Å²) in [6, 6.07) is 0.480. The Morgan fingerprint density at radius 1 is 1.47 bits per heavy atom. The van der Waals surface area contributed by atoms with E-state index in [1.165, 1.54) is 25.6 Å². The van der Waals surface area contributed by atoms with Crippen LogP contribution in [0.1, 0.15) is 31.1 Å². The minimum absolute atomic E-state index is 0.385. The zero-order chi connectivity index (χ0) is 11.8. The molecule has 1 aliphatic carbocycles. The second-order valence-corrected chi connectivity index (χ2v) is 4.44. The zero-order valence-corrected chi connectivity index (χ0v) is 10.3. The summed E-state index contributed by atoms with van der Waals surface area (Å²) in [7, 11) is 1.59. The maximum Gasteiger partial charge on any atom is 0.245 e. The van der Waals surface area contributed by atoms with Crippen molar-refractivity contribution in [3.8, 4) is 5.88 Å². The van der Waals surface area contributed by atoms with E-state index in [2.05, 4.69) is 19.5 Å². The van der Waals surface area contributed by atoms with Crippen molar-refractivity contribution in [3.05, 3.63) is 12.2 Å². The third-order valence-corrected chi connectivity index (χ3v) is 3.51. The van der Waals surface area contributed by atoms with Gasteiger partial charge in [0.15, 0.2) is 11.2 Å². The molecule has 90 valence electrons. The van der Waals surface area contributed by atoms with Gasteiger partial charge in [-0.05, 0) is 19.3 Å². The molecule has 0 saturated heterocycles. The molecule has 0 N–H and O–H groups in total. The summed E-state index contributed by atoms with van der Waals surface area (Å²) in [4.78, 5) is 12.9. The lowest BCUT2D eigenvalue weighted by Crippen LogP contribution is -2.19. The molecule has 0 radical (unpaired) electrons. The van der Waals surface area contributed by atoms with Gasteiger partial charge in [-0.3, -0.25) is 0 Å². The van der Waals surface area contributed by atoms with Crippen LogP contribution < -0.4 is 4.74 Å². The van der Waals surface area contributed by atoms with Crippen molar-refractivity contribution < 1.29 is 4.74 Å². The van der Waals surface area contributed by atoms with Gasteiger partial charge in [0.05, 0.1) is 13.0 Å². The molecule has 2 aromatic heterocycles. The Labute approximate surface area is 104 Å². The van der Waals surface area contributed by atoms with E-state index in [0.29, 0.717) is 23.3 Å². The van der Waals surface area contributed by atoms with Gasteiger partial charge >= 0.3 is 0 Å². The number of imidazole rings is 1. The predicted molar refractivity (Wildman–Crippen MR) is 64.3 cm³/mol. The van der Waals surface area contributed by atoms with Gasteiger partial charge in [0.1, 0.15) is 12.2 Å². The predicted octanol–water partition coefficient (Wildman–Crippen LogP) is 2.30. The third kappa shape index (κ3) is 1.57. The first-order valence-electron chi connectivity index (χ1n) is 5.67.